The number of nitrogens with one attached hydrogen (secondary N) is 2. The molecule has 0 aliphatic rings. The molecule has 3 aromatic heterocycles. The molecule has 0 radical (unpaired) electrons. The minimum absolute atomic E-state index is 0.0411. The zero-order valence-electron chi connectivity index (χ0n) is 13.8. The second kappa shape index (κ2) is 6.35. The minimum Gasteiger partial charge on any atom is -0.346 e. The van der Waals surface area contributed by atoms with E-state index in [1.54, 1.807) is 0 Å². The fraction of sp³-hybridized carbons (Fsp3) is 0.222. The van der Waals surface area contributed by atoms with Crippen molar-refractivity contribution >= 4 is 22.6 Å². The van der Waals surface area contributed by atoms with Crippen LogP contribution in [0.4, 0.5) is 0 Å². The first-order valence-electron chi connectivity index (χ1n) is 8.23. The van der Waals surface area contributed by atoms with Crippen molar-refractivity contribution in [3.05, 3.63) is 60.3 Å². The zero-order chi connectivity index (χ0) is 17.2. The average molecular weight is 334 g/mol. The predicted octanol–water partition coefficient (Wildman–Crippen LogP) is 2.42. The van der Waals surface area contributed by atoms with Gasteiger partial charge in [-0.3, -0.25) is 9.20 Å². The van der Waals surface area contributed by atoms with Gasteiger partial charge < -0.3 is 10.3 Å². The van der Waals surface area contributed by atoms with Crippen LogP contribution >= 0.6 is 0 Å². The maximum atomic E-state index is 12.3. The van der Waals surface area contributed by atoms with Crippen molar-refractivity contribution < 1.29 is 4.79 Å². The van der Waals surface area contributed by atoms with Crippen LogP contribution in [0.3, 0.4) is 0 Å². The number of hydrogen-bond donors (Lipinski definition) is 2. The molecule has 4 rings (SSSR count). The number of fused-ring (bicyclic) bond motifs is 2. The fourth-order valence-corrected chi connectivity index (χ4v) is 2.89. The van der Waals surface area contributed by atoms with Gasteiger partial charge in [-0.25, -0.2) is 4.98 Å². The van der Waals surface area contributed by atoms with Gasteiger partial charge in [0, 0.05) is 19.0 Å². The van der Waals surface area contributed by atoms with Crippen LogP contribution in [0.5, 0.6) is 0 Å². The van der Waals surface area contributed by atoms with Gasteiger partial charge in [-0.1, -0.05) is 18.2 Å². The number of nitrogens with zero attached hydrogens (tertiary/aromatic N) is 4. The average Bonchev–Trinajstić information content (AvgIpc) is 3.23. The van der Waals surface area contributed by atoms with Crippen molar-refractivity contribution in [3.63, 3.8) is 0 Å². The third kappa shape index (κ3) is 3.08. The van der Waals surface area contributed by atoms with Gasteiger partial charge in [-0.2, -0.15) is 0 Å². The number of pyridine rings is 1. The van der Waals surface area contributed by atoms with Gasteiger partial charge in [-0.05, 0) is 31.2 Å². The number of H-pyrrole nitrogens is 1. The Morgan fingerprint density at radius 3 is 2.92 bits per heavy atom. The smallest absolute Gasteiger partial charge is 0.221 e. The Labute approximate surface area is 144 Å². The highest BCUT2D eigenvalue weighted by molar-refractivity contribution is 5.77. The maximum absolute atomic E-state index is 12.3. The molecule has 0 aliphatic heterocycles. The molecular formula is C18H18N6O. The molecule has 0 spiro atoms. The summed E-state index contributed by atoms with van der Waals surface area (Å²) in [5.41, 5.74) is 2.67. The summed E-state index contributed by atoms with van der Waals surface area (Å²) in [5.74, 6) is 1.49. The van der Waals surface area contributed by atoms with Crippen LogP contribution in [0.2, 0.25) is 0 Å². The van der Waals surface area contributed by atoms with Crippen molar-refractivity contribution in [2.45, 2.75) is 25.8 Å². The molecule has 2 N–H and O–H groups in total. The predicted molar refractivity (Wildman–Crippen MR) is 94.0 cm³/mol. The summed E-state index contributed by atoms with van der Waals surface area (Å²) in [6, 6.07) is 13.3. The number of rotatable bonds is 5. The summed E-state index contributed by atoms with van der Waals surface area (Å²) in [5, 5.41) is 11.3. The monoisotopic (exact) mass is 334 g/mol. The molecule has 0 bridgehead atoms. The molecule has 25 heavy (non-hydrogen) atoms. The first-order valence-corrected chi connectivity index (χ1v) is 8.23. The largest absolute Gasteiger partial charge is 0.346 e. The third-order valence-electron chi connectivity index (χ3n) is 4.13. The van der Waals surface area contributed by atoms with Crippen molar-refractivity contribution in [2.24, 2.45) is 0 Å². The molecule has 0 aliphatic carbocycles. The van der Waals surface area contributed by atoms with Crippen molar-refractivity contribution in [2.75, 3.05) is 0 Å². The number of aryl methyl sites for hydroxylation is 1. The van der Waals surface area contributed by atoms with E-state index in [0.717, 1.165) is 22.5 Å². The van der Waals surface area contributed by atoms with Crippen LogP contribution < -0.4 is 5.32 Å². The Kier molecular flexibility index (Phi) is 3.89. The highest BCUT2D eigenvalue weighted by Gasteiger charge is 2.16. The van der Waals surface area contributed by atoms with E-state index in [4.69, 9.17) is 0 Å². The van der Waals surface area contributed by atoms with Gasteiger partial charge in [0.05, 0.1) is 17.1 Å². The minimum atomic E-state index is -0.222. The molecule has 126 valence electrons. The number of imidazole rings is 1. The topological polar surface area (TPSA) is 88.0 Å². The number of carbonyl (C=O) groups excluding carboxylic acids is 1. The highest BCUT2D eigenvalue weighted by Crippen LogP contribution is 2.13. The quantitative estimate of drug-likeness (QED) is 0.587. The lowest BCUT2D eigenvalue weighted by Gasteiger charge is -2.12. The number of carbonyl (C=O) groups is 1. The van der Waals surface area contributed by atoms with E-state index in [0.29, 0.717) is 18.7 Å². The molecule has 0 fully saturated rings. The van der Waals surface area contributed by atoms with Gasteiger partial charge in [0.2, 0.25) is 5.91 Å². The van der Waals surface area contributed by atoms with Gasteiger partial charge in [0.15, 0.2) is 11.5 Å². The first kappa shape index (κ1) is 15.3. The Morgan fingerprint density at radius 1 is 1.20 bits per heavy atom. The first-order chi connectivity index (χ1) is 12.2. The number of aromatic nitrogens is 5. The van der Waals surface area contributed by atoms with E-state index in [1.165, 1.54) is 0 Å². The Balaban J connectivity index is 1.39. The van der Waals surface area contributed by atoms with Crippen molar-refractivity contribution in [1.82, 2.24) is 29.9 Å². The molecule has 1 amide bonds. The molecule has 0 saturated carbocycles. The van der Waals surface area contributed by atoms with Crippen molar-refractivity contribution in [1.29, 1.82) is 0 Å². The van der Waals surface area contributed by atoms with Crippen LogP contribution in [-0.2, 0) is 11.2 Å². The second-order valence-electron chi connectivity index (χ2n) is 5.98. The summed E-state index contributed by atoms with van der Waals surface area (Å²) >= 11 is 0. The summed E-state index contributed by atoms with van der Waals surface area (Å²) in [6.45, 7) is 1.91. The number of hydrogen-bond acceptors (Lipinski definition) is 4. The van der Waals surface area contributed by atoms with E-state index in [9.17, 15) is 4.79 Å². The third-order valence-corrected chi connectivity index (χ3v) is 4.13. The lowest BCUT2D eigenvalue weighted by Crippen LogP contribution is -2.28. The van der Waals surface area contributed by atoms with E-state index < -0.39 is 0 Å². The van der Waals surface area contributed by atoms with Gasteiger partial charge in [-0.15, -0.1) is 10.2 Å². The lowest BCUT2D eigenvalue weighted by molar-refractivity contribution is -0.121. The molecule has 4 aromatic rings. The number of para-hydroxylation sites is 2. The number of aromatic amines is 1. The Bertz CT molecular complexity index is 1000. The summed E-state index contributed by atoms with van der Waals surface area (Å²) in [4.78, 5) is 20.0. The molecule has 1 unspecified atom stereocenters. The molecule has 0 saturated heterocycles. The van der Waals surface area contributed by atoms with Crippen LogP contribution in [0.15, 0.2) is 48.7 Å². The SMILES string of the molecule is CC(NC(=O)CCc1nc2ccccc2[nH]1)c1nnc2ccccn12. The summed E-state index contributed by atoms with van der Waals surface area (Å²) in [7, 11) is 0. The molecule has 7 heteroatoms. The van der Waals surface area contributed by atoms with E-state index in [-0.39, 0.29) is 11.9 Å². The normalized spacial score (nSPS) is 12.5. The molecule has 7 nitrogen and oxygen atoms in total. The van der Waals surface area contributed by atoms with Crippen LogP contribution in [0, 0.1) is 0 Å². The molecule has 3 heterocycles. The second-order valence-corrected chi connectivity index (χ2v) is 5.98. The molecular weight excluding hydrogens is 316 g/mol. The zero-order valence-corrected chi connectivity index (χ0v) is 13.8. The summed E-state index contributed by atoms with van der Waals surface area (Å²) < 4.78 is 1.88. The summed E-state index contributed by atoms with van der Waals surface area (Å²) in [6.07, 6.45) is 2.82. The van der Waals surface area contributed by atoms with Crippen LogP contribution in [0.25, 0.3) is 16.7 Å². The fourth-order valence-electron chi connectivity index (χ4n) is 2.89. The van der Waals surface area contributed by atoms with E-state index in [2.05, 4.69) is 25.5 Å². The van der Waals surface area contributed by atoms with Crippen LogP contribution in [-0.4, -0.2) is 30.5 Å². The maximum Gasteiger partial charge on any atom is 0.221 e. The number of amides is 1. The van der Waals surface area contributed by atoms with E-state index in [1.807, 2.05) is 60.0 Å². The van der Waals surface area contributed by atoms with Crippen LogP contribution in [0.1, 0.15) is 31.0 Å². The lowest BCUT2D eigenvalue weighted by atomic mass is 10.2. The van der Waals surface area contributed by atoms with Crippen molar-refractivity contribution in [3.8, 4) is 0 Å². The standard InChI is InChI=1S/C18H18N6O/c1-12(18-23-22-16-8-4-5-11-24(16)18)19-17(25)10-9-15-20-13-6-2-3-7-14(13)21-15/h2-8,11-12H,9-10H2,1H3,(H,19,25)(H,20,21). The molecule has 1 aromatic carbocycles. The van der Waals surface area contributed by atoms with E-state index >= 15 is 0 Å². The molecule has 1 atom stereocenters. The number of benzene rings is 1. The van der Waals surface area contributed by atoms with Gasteiger partial charge in [0.1, 0.15) is 5.82 Å². The Morgan fingerprint density at radius 2 is 2.04 bits per heavy atom. The van der Waals surface area contributed by atoms with Gasteiger partial charge >= 0.3 is 0 Å². The highest BCUT2D eigenvalue weighted by atomic mass is 16.1. The van der Waals surface area contributed by atoms with Gasteiger partial charge in [0.25, 0.3) is 0 Å². The Hall–Kier alpha value is -3.22.